The number of carbonyl (C=O) groups excluding carboxylic acids is 1. The molecule has 0 amide bonds. The summed E-state index contributed by atoms with van der Waals surface area (Å²) in [6, 6.07) is 4.00. The molecular formula is C18H22N2O. The topological polar surface area (TPSA) is 64.7 Å². The van der Waals surface area contributed by atoms with Crippen molar-refractivity contribution in [3.63, 3.8) is 0 Å². The number of allylic oxidation sites excluding steroid dienone is 4. The van der Waals surface area contributed by atoms with E-state index >= 15 is 0 Å². The van der Waals surface area contributed by atoms with Crippen LogP contribution in [0.3, 0.4) is 0 Å². The lowest BCUT2D eigenvalue weighted by atomic mass is 9.82. The summed E-state index contributed by atoms with van der Waals surface area (Å²) in [4.78, 5) is 12.7. The lowest BCUT2D eigenvalue weighted by Crippen LogP contribution is -2.16. The Kier molecular flexibility index (Phi) is 5.34. The molecule has 0 spiro atoms. The first-order valence-electron chi connectivity index (χ1n) is 7.99. The summed E-state index contributed by atoms with van der Waals surface area (Å²) in [5, 5.41) is 18.5. The molecular weight excluding hydrogens is 260 g/mol. The Morgan fingerprint density at radius 3 is 2.05 bits per heavy atom. The minimum atomic E-state index is -0.0130. The zero-order valence-electron chi connectivity index (χ0n) is 12.7. The van der Waals surface area contributed by atoms with Crippen LogP contribution in [0.2, 0.25) is 0 Å². The van der Waals surface area contributed by atoms with Gasteiger partial charge in [0.1, 0.15) is 17.7 Å². The number of ketones is 1. The van der Waals surface area contributed by atoms with Crippen LogP contribution in [0.15, 0.2) is 22.8 Å². The van der Waals surface area contributed by atoms with Gasteiger partial charge in [-0.2, -0.15) is 10.5 Å². The third-order valence-corrected chi connectivity index (χ3v) is 4.81. The maximum Gasteiger partial charge on any atom is 0.166 e. The summed E-state index contributed by atoms with van der Waals surface area (Å²) in [6.07, 6.45) is 10.7. The van der Waals surface area contributed by atoms with Gasteiger partial charge in [0.15, 0.2) is 5.78 Å². The van der Waals surface area contributed by atoms with Gasteiger partial charge in [0.05, 0.1) is 0 Å². The molecule has 0 saturated heterocycles. The highest BCUT2D eigenvalue weighted by Gasteiger charge is 2.42. The first-order valence-corrected chi connectivity index (χ1v) is 7.99. The number of Topliss-reactive ketones (excluding diaryl/α,β-unsaturated/α-hetero) is 1. The van der Waals surface area contributed by atoms with Crippen molar-refractivity contribution >= 4 is 5.78 Å². The van der Waals surface area contributed by atoms with Crippen LogP contribution < -0.4 is 0 Å². The van der Waals surface area contributed by atoms with Gasteiger partial charge >= 0.3 is 0 Å². The molecule has 3 heteroatoms. The Morgan fingerprint density at radius 2 is 1.52 bits per heavy atom. The van der Waals surface area contributed by atoms with Crippen LogP contribution in [0.25, 0.3) is 0 Å². The van der Waals surface area contributed by atoms with E-state index in [1.165, 1.54) is 25.7 Å². The molecule has 2 aliphatic rings. The maximum absolute atomic E-state index is 12.7. The summed E-state index contributed by atoms with van der Waals surface area (Å²) in [6.45, 7) is 1.83. The minimum absolute atomic E-state index is 0.0130. The molecule has 2 fully saturated rings. The fraction of sp³-hybridized carbons (Fsp3) is 0.611. The van der Waals surface area contributed by atoms with Gasteiger partial charge in [-0.25, -0.2) is 0 Å². The molecule has 0 radical (unpaired) electrons. The molecule has 2 saturated carbocycles. The largest absolute Gasteiger partial charge is 0.294 e. The summed E-state index contributed by atoms with van der Waals surface area (Å²) in [5.74, 6) is 0.221. The molecule has 2 aliphatic carbocycles. The molecule has 21 heavy (non-hydrogen) atoms. The average molecular weight is 282 g/mol. The van der Waals surface area contributed by atoms with Gasteiger partial charge in [-0.1, -0.05) is 44.6 Å². The zero-order valence-corrected chi connectivity index (χ0v) is 12.7. The second-order valence-corrected chi connectivity index (χ2v) is 5.99. The molecule has 2 rings (SSSR count). The van der Waals surface area contributed by atoms with E-state index in [2.05, 4.69) is 0 Å². The summed E-state index contributed by atoms with van der Waals surface area (Å²) >= 11 is 0. The number of hydrogen-bond acceptors (Lipinski definition) is 3. The Labute approximate surface area is 126 Å². The number of rotatable bonds is 0. The summed E-state index contributed by atoms with van der Waals surface area (Å²) < 4.78 is 0. The lowest BCUT2D eigenvalue weighted by molar-refractivity contribution is -0.118. The Hall–Kier alpha value is -1.87. The molecule has 0 aromatic heterocycles. The van der Waals surface area contributed by atoms with Crippen LogP contribution in [0.4, 0.5) is 0 Å². The van der Waals surface area contributed by atoms with Crippen LogP contribution >= 0.6 is 0 Å². The van der Waals surface area contributed by atoms with Crippen LogP contribution in [0.1, 0.15) is 58.3 Å². The van der Waals surface area contributed by atoms with Crippen molar-refractivity contribution in [2.45, 2.75) is 58.3 Å². The van der Waals surface area contributed by atoms with Crippen LogP contribution in [-0.2, 0) is 4.79 Å². The normalized spacial score (nSPS) is 28.6. The Bertz CT molecular complexity index is 541. The van der Waals surface area contributed by atoms with E-state index in [1.54, 1.807) is 6.08 Å². The molecule has 0 N–H and O–H groups in total. The van der Waals surface area contributed by atoms with Gasteiger partial charge < -0.3 is 0 Å². The predicted molar refractivity (Wildman–Crippen MR) is 80.9 cm³/mol. The zero-order chi connectivity index (χ0) is 15.2. The Morgan fingerprint density at radius 1 is 1.00 bits per heavy atom. The monoisotopic (exact) mass is 282 g/mol. The molecule has 0 aromatic rings. The van der Waals surface area contributed by atoms with E-state index < -0.39 is 0 Å². The van der Waals surface area contributed by atoms with Gasteiger partial charge in [-0.05, 0) is 31.3 Å². The molecule has 0 aliphatic heterocycles. The van der Waals surface area contributed by atoms with Gasteiger partial charge in [-0.3, -0.25) is 4.79 Å². The van der Waals surface area contributed by atoms with E-state index in [4.69, 9.17) is 0 Å². The van der Waals surface area contributed by atoms with E-state index in [1.807, 2.05) is 19.1 Å². The number of nitrogens with zero attached hydrogens (tertiary/aromatic N) is 2. The van der Waals surface area contributed by atoms with Crippen molar-refractivity contribution in [3.05, 3.63) is 22.8 Å². The quantitative estimate of drug-likeness (QED) is 0.493. The molecule has 0 aromatic carbocycles. The highest BCUT2D eigenvalue weighted by Crippen LogP contribution is 2.45. The number of hydrogen-bond donors (Lipinski definition) is 0. The SMILES string of the molecule is C/C=C1\C(=O)C2CCCCCCCCC2C1=C(C#N)C#N. The number of fused-ring (bicyclic) bond motifs is 1. The van der Waals surface area contributed by atoms with Crippen LogP contribution in [0.5, 0.6) is 0 Å². The maximum atomic E-state index is 12.7. The first kappa shape index (κ1) is 15.5. The molecule has 0 heterocycles. The minimum Gasteiger partial charge on any atom is -0.294 e. The average Bonchev–Trinajstić information content (AvgIpc) is 2.77. The van der Waals surface area contributed by atoms with Gasteiger partial charge in [-0.15, -0.1) is 0 Å². The van der Waals surface area contributed by atoms with E-state index in [0.717, 1.165) is 31.3 Å². The van der Waals surface area contributed by atoms with E-state index in [-0.39, 0.29) is 23.2 Å². The standard InChI is InChI=1S/C18H22N2O/c1-2-14-17(13(11-19)12-20)15-9-7-5-3-4-6-8-10-16(15)18(14)21/h2,15-16H,3-10H2,1H3/b14-2-. The van der Waals surface area contributed by atoms with Crippen molar-refractivity contribution in [1.29, 1.82) is 10.5 Å². The fourth-order valence-electron chi connectivity index (χ4n) is 3.79. The van der Waals surface area contributed by atoms with E-state index in [9.17, 15) is 15.3 Å². The van der Waals surface area contributed by atoms with Crippen molar-refractivity contribution in [2.24, 2.45) is 11.8 Å². The third kappa shape index (κ3) is 3.08. The van der Waals surface area contributed by atoms with Gasteiger partial charge in [0, 0.05) is 11.5 Å². The molecule has 2 unspecified atom stereocenters. The highest BCUT2D eigenvalue weighted by atomic mass is 16.1. The fourth-order valence-corrected chi connectivity index (χ4v) is 3.79. The number of carbonyl (C=O) groups is 1. The van der Waals surface area contributed by atoms with Crippen molar-refractivity contribution in [3.8, 4) is 12.1 Å². The predicted octanol–water partition coefficient (Wildman–Crippen LogP) is 4.23. The van der Waals surface area contributed by atoms with Crippen molar-refractivity contribution in [1.82, 2.24) is 0 Å². The smallest absolute Gasteiger partial charge is 0.166 e. The second-order valence-electron chi connectivity index (χ2n) is 5.99. The Balaban J connectivity index is 2.44. The van der Waals surface area contributed by atoms with Gasteiger partial charge in [0.25, 0.3) is 0 Å². The second kappa shape index (κ2) is 7.23. The molecule has 0 bridgehead atoms. The molecule has 110 valence electrons. The lowest BCUT2D eigenvalue weighted by Gasteiger charge is -2.20. The summed E-state index contributed by atoms with van der Waals surface area (Å²) in [7, 11) is 0. The van der Waals surface area contributed by atoms with Crippen molar-refractivity contribution in [2.75, 3.05) is 0 Å². The number of nitriles is 2. The van der Waals surface area contributed by atoms with Crippen molar-refractivity contribution < 1.29 is 4.79 Å². The third-order valence-electron chi connectivity index (χ3n) is 4.81. The van der Waals surface area contributed by atoms with Crippen LogP contribution in [0, 0.1) is 34.5 Å². The summed E-state index contributed by atoms with van der Waals surface area (Å²) in [5.41, 5.74) is 1.50. The highest BCUT2D eigenvalue weighted by molar-refractivity contribution is 6.05. The first-order chi connectivity index (χ1) is 10.2. The van der Waals surface area contributed by atoms with E-state index in [0.29, 0.717) is 5.57 Å². The molecule has 3 nitrogen and oxygen atoms in total. The molecule has 2 atom stereocenters. The van der Waals surface area contributed by atoms with Gasteiger partial charge in [0.2, 0.25) is 0 Å². The van der Waals surface area contributed by atoms with Crippen LogP contribution in [-0.4, -0.2) is 5.78 Å².